The van der Waals surface area contributed by atoms with E-state index in [4.69, 9.17) is 0 Å². The van der Waals surface area contributed by atoms with Crippen LogP contribution in [0.25, 0.3) is 10.9 Å². The van der Waals surface area contributed by atoms with E-state index in [1.807, 2.05) is 0 Å². The van der Waals surface area contributed by atoms with Gasteiger partial charge in [0.25, 0.3) is 0 Å². The first kappa shape index (κ1) is 13.7. The summed E-state index contributed by atoms with van der Waals surface area (Å²) in [6.07, 6.45) is 5.65. The van der Waals surface area contributed by atoms with Gasteiger partial charge in [-0.05, 0) is 44.2 Å². The molecule has 2 heteroatoms. The van der Waals surface area contributed by atoms with Crippen LogP contribution in [0.1, 0.15) is 43.9 Å². The highest BCUT2D eigenvalue weighted by molar-refractivity contribution is 5.85. The van der Waals surface area contributed by atoms with Gasteiger partial charge in [0, 0.05) is 36.2 Å². The first-order valence-corrected chi connectivity index (χ1v) is 7.94. The summed E-state index contributed by atoms with van der Waals surface area (Å²) < 4.78 is 2.35. The highest BCUT2D eigenvalue weighted by Crippen LogP contribution is 2.28. The third-order valence-corrected chi connectivity index (χ3v) is 5.21. The van der Waals surface area contributed by atoms with E-state index in [-0.39, 0.29) is 0 Å². The monoisotopic (exact) mass is 270 g/mol. The fourth-order valence-corrected chi connectivity index (χ4v) is 3.77. The lowest BCUT2D eigenvalue weighted by Gasteiger charge is -2.21. The van der Waals surface area contributed by atoms with Crippen molar-refractivity contribution in [3.63, 3.8) is 0 Å². The van der Waals surface area contributed by atoms with Crippen LogP contribution in [0.4, 0.5) is 0 Å². The first-order chi connectivity index (χ1) is 9.68. The van der Waals surface area contributed by atoms with E-state index in [0.717, 1.165) is 12.5 Å². The third-order valence-electron chi connectivity index (χ3n) is 5.21. The number of aromatic nitrogens is 1. The largest absolute Gasteiger partial charge is 0.346 e. The molecule has 2 nitrogen and oxygen atoms in total. The Labute approximate surface area is 122 Å². The van der Waals surface area contributed by atoms with Crippen molar-refractivity contribution in [2.45, 2.75) is 52.1 Å². The minimum atomic E-state index is 0.634. The first-order valence-electron chi connectivity index (χ1n) is 7.94. The van der Waals surface area contributed by atoms with Crippen molar-refractivity contribution in [2.75, 3.05) is 0 Å². The Morgan fingerprint density at radius 2 is 1.95 bits per heavy atom. The summed E-state index contributed by atoms with van der Waals surface area (Å²) in [6, 6.07) is 9.34. The predicted molar refractivity (Wildman–Crippen MR) is 85.9 cm³/mol. The van der Waals surface area contributed by atoms with E-state index in [1.165, 1.54) is 47.8 Å². The average molecular weight is 270 g/mol. The molecule has 0 aliphatic heterocycles. The Morgan fingerprint density at radius 1 is 1.25 bits per heavy atom. The molecule has 0 radical (unpaired) electrons. The molecule has 0 bridgehead atoms. The van der Waals surface area contributed by atoms with Crippen LogP contribution in [0.15, 0.2) is 24.3 Å². The highest BCUT2D eigenvalue weighted by Gasteiger charge is 2.21. The number of nitrogens with one attached hydrogen (secondary N) is 1. The Morgan fingerprint density at radius 3 is 2.65 bits per heavy atom. The molecule has 0 unspecified atom stereocenters. The summed E-state index contributed by atoms with van der Waals surface area (Å²) >= 11 is 0. The lowest BCUT2D eigenvalue weighted by molar-refractivity contribution is 0.377. The molecule has 1 saturated carbocycles. The molecule has 3 rings (SSSR count). The summed E-state index contributed by atoms with van der Waals surface area (Å²) in [5, 5.41) is 5.15. The van der Waals surface area contributed by atoms with Gasteiger partial charge < -0.3 is 9.88 Å². The number of nitrogens with zero attached hydrogens (tertiary/aromatic N) is 1. The standard InChI is InChI=1S/C18H26N2/c1-13-16-10-6-7-11-17(16)20(3)18(13)12-19-14(2)15-8-4-5-9-15/h6-7,10-11,14-15,19H,4-5,8-9,12H2,1-3H3/t14-/m1/s1. The van der Waals surface area contributed by atoms with Crippen molar-refractivity contribution >= 4 is 10.9 Å². The maximum atomic E-state index is 3.76. The second-order valence-electron chi connectivity index (χ2n) is 6.36. The maximum absolute atomic E-state index is 3.76. The van der Waals surface area contributed by atoms with E-state index in [9.17, 15) is 0 Å². The molecule has 20 heavy (non-hydrogen) atoms. The van der Waals surface area contributed by atoms with Gasteiger partial charge in [0.1, 0.15) is 0 Å². The molecule has 0 spiro atoms. The van der Waals surface area contributed by atoms with Gasteiger partial charge >= 0.3 is 0 Å². The van der Waals surface area contributed by atoms with Crippen molar-refractivity contribution in [3.05, 3.63) is 35.5 Å². The van der Waals surface area contributed by atoms with E-state index >= 15 is 0 Å². The number of hydrogen-bond acceptors (Lipinski definition) is 1. The second-order valence-corrected chi connectivity index (χ2v) is 6.36. The zero-order valence-corrected chi connectivity index (χ0v) is 12.9. The van der Waals surface area contributed by atoms with Crippen molar-refractivity contribution in [3.8, 4) is 0 Å². The molecule has 1 N–H and O–H groups in total. The molecule has 108 valence electrons. The summed E-state index contributed by atoms with van der Waals surface area (Å²) in [6.45, 7) is 5.59. The van der Waals surface area contributed by atoms with Crippen LogP contribution < -0.4 is 5.32 Å². The van der Waals surface area contributed by atoms with Crippen molar-refractivity contribution in [1.82, 2.24) is 9.88 Å². The molecule has 1 aliphatic carbocycles. The van der Waals surface area contributed by atoms with Crippen molar-refractivity contribution < 1.29 is 0 Å². The number of para-hydroxylation sites is 1. The fraction of sp³-hybridized carbons (Fsp3) is 0.556. The van der Waals surface area contributed by atoms with Crippen LogP contribution in [0.5, 0.6) is 0 Å². The number of rotatable bonds is 4. The van der Waals surface area contributed by atoms with Crippen LogP contribution in [0, 0.1) is 12.8 Å². The van der Waals surface area contributed by atoms with Crippen LogP contribution in [-0.4, -0.2) is 10.6 Å². The molecule has 1 atom stereocenters. The normalized spacial score (nSPS) is 17.9. The molecule has 1 aliphatic rings. The molecule has 0 amide bonds. The lowest BCUT2D eigenvalue weighted by Crippen LogP contribution is -2.32. The zero-order valence-electron chi connectivity index (χ0n) is 12.9. The van der Waals surface area contributed by atoms with E-state index in [0.29, 0.717) is 6.04 Å². The number of fused-ring (bicyclic) bond motifs is 1. The summed E-state index contributed by atoms with van der Waals surface area (Å²) in [7, 11) is 2.19. The predicted octanol–water partition coefficient (Wildman–Crippen LogP) is 4.16. The SMILES string of the molecule is Cc1c(CN[C@H](C)C2CCCC2)n(C)c2ccccc12. The van der Waals surface area contributed by atoms with E-state index in [1.54, 1.807) is 0 Å². The van der Waals surface area contributed by atoms with Crippen LogP contribution in [0.2, 0.25) is 0 Å². The average Bonchev–Trinajstić information content (AvgIpc) is 3.07. The van der Waals surface area contributed by atoms with Crippen LogP contribution in [-0.2, 0) is 13.6 Å². The molecular formula is C18H26N2. The van der Waals surface area contributed by atoms with Crippen molar-refractivity contribution in [1.29, 1.82) is 0 Å². The maximum Gasteiger partial charge on any atom is 0.0483 e. The second kappa shape index (κ2) is 5.61. The lowest BCUT2D eigenvalue weighted by atomic mass is 10.00. The molecule has 1 heterocycles. The Balaban J connectivity index is 1.77. The van der Waals surface area contributed by atoms with Crippen molar-refractivity contribution in [2.24, 2.45) is 13.0 Å². The zero-order chi connectivity index (χ0) is 14.1. The molecule has 0 saturated heterocycles. The van der Waals surface area contributed by atoms with Crippen LogP contribution in [0.3, 0.4) is 0 Å². The molecule has 2 aromatic rings. The van der Waals surface area contributed by atoms with Gasteiger partial charge in [0.05, 0.1) is 0 Å². The summed E-state index contributed by atoms with van der Waals surface area (Å²) in [5.74, 6) is 0.880. The Hall–Kier alpha value is -1.28. The molecule has 1 aromatic heterocycles. The Bertz CT molecular complexity index is 552. The third kappa shape index (κ3) is 2.37. The molecule has 1 fully saturated rings. The number of aryl methyl sites for hydroxylation is 2. The number of benzene rings is 1. The Kier molecular flexibility index (Phi) is 3.84. The van der Waals surface area contributed by atoms with Gasteiger partial charge in [0.15, 0.2) is 0 Å². The summed E-state index contributed by atoms with van der Waals surface area (Å²) in [5.41, 5.74) is 4.19. The van der Waals surface area contributed by atoms with Gasteiger partial charge in [0.2, 0.25) is 0 Å². The minimum Gasteiger partial charge on any atom is -0.346 e. The highest BCUT2D eigenvalue weighted by atomic mass is 15.0. The summed E-state index contributed by atoms with van der Waals surface area (Å²) in [4.78, 5) is 0. The van der Waals surface area contributed by atoms with Crippen LogP contribution >= 0.6 is 0 Å². The quantitative estimate of drug-likeness (QED) is 0.883. The molecular weight excluding hydrogens is 244 g/mol. The van der Waals surface area contributed by atoms with E-state index in [2.05, 4.69) is 55.0 Å². The number of hydrogen-bond donors (Lipinski definition) is 1. The fourth-order valence-electron chi connectivity index (χ4n) is 3.77. The topological polar surface area (TPSA) is 17.0 Å². The van der Waals surface area contributed by atoms with Gasteiger partial charge in [-0.25, -0.2) is 0 Å². The van der Waals surface area contributed by atoms with E-state index < -0.39 is 0 Å². The smallest absolute Gasteiger partial charge is 0.0483 e. The van der Waals surface area contributed by atoms with Gasteiger partial charge in [-0.1, -0.05) is 31.0 Å². The minimum absolute atomic E-state index is 0.634. The van der Waals surface area contributed by atoms with Gasteiger partial charge in [-0.2, -0.15) is 0 Å². The van der Waals surface area contributed by atoms with Gasteiger partial charge in [-0.15, -0.1) is 0 Å². The van der Waals surface area contributed by atoms with Gasteiger partial charge in [-0.3, -0.25) is 0 Å². The molecule has 1 aromatic carbocycles.